The topological polar surface area (TPSA) is 55.5 Å². The molecule has 5 heteroatoms. The Kier molecular flexibility index (Phi) is 5.28. The van der Waals surface area contributed by atoms with Gasteiger partial charge in [0.05, 0.1) is 12.2 Å². The van der Waals surface area contributed by atoms with Crippen LogP contribution in [0.25, 0.3) is 0 Å². The van der Waals surface area contributed by atoms with Gasteiger partial charge in [-0.1, -0.05) is 6.92 Å². The molecule has 0 amide bonds. The maximum atomic E-state index is 13.6. The lowest BCUT2D eigenvalue weighted by Crippen LogP contribution is -2.15. The van der Waals surface area contributed by atoms with E-state index in [4.69, 9.17) is 10.5 Å². The van der Waals surface area contributed by atoms with E-state index in [1.54, 1.807) is 13.0 Å². The molecule has 102 valence electrons. The molecule has 0 spiro atoms. The molecule has 0 aliphatic carbocycles. The van der Waals surface area contributed by atoms with Gasteiger partial charge >= 0.3 is 0 Å². The molecule has 1 aromatic rings. The fraction of sp³-hybridized carbons (Fsp3) is 0.538. The molecular formula is C13H20FNO2S. The number of nitrogens with two attached hydrogens (primary N) is 1. The highest BCUT2D eigenvalue weighted by Crippen LogP contribution is 2.35. The molecular weight excluding hydrogens is 253 g/mol. The second kappa shape index (κ2) is 6.29. The first-order valence-corrected chi connectivity index (χ1v) is 6.79. The summed E-state index contributed by atoms with van der Waals surface area (Å²) in [4.78, 5) is 0.723. The van der Waals surface area contributed by atoms with E-state index in [1.807, 2.05) is 20.8 Å². The van der Waals surface area contributed by atoms with Gasteiger partial charge in [-0.15, -0.1) is 11.8 Å². The summed E-state index contributed by atoms with van der Waals surface area (Å²) >= 11 is 1.41. The predicted molar refractivity (Wildman–Crippen MR) is 73.6 cm³/mol. The minimum atomic E-state index is -0.464. The van der Waals surface area contributed by atoms with Crippen molar-refractivity contribution in [3.05, 3.63) is 17.9 Å². The Hall–Kier alpha value is -0.940. The number of hydrogen-bond donors (Lipinski definition) is 2. The van der Waals surface area contributed by atoms with Gasteiger partial charge < -0.3 is 15.6 Å². The first-order valence-electron chi connectivity index (χ1n) is 5.91. The van der Waals surface area contributed by atoms with Crippen molar-refractivity contribution in [3.8, 4) is 5.75 Å². The Balaban J connectivity index is 2.97. The largest absolute Gasteiger partial charge is 0.488 e. The third-order valence-electron chi connectivity index (χ3n) is 2.42. The van der Waals surface area contributed by atoms with E-state index in [0.29, 0.717) is 5.69 Å². The van der Waals surface area contributed by atoms with Crippen LogP contribution >= 0.6 is 11.8 Å². The monoisotopic (exact) mass is 273 g/mol. The maximum Gasteiger partial charge on any atom is 0.167 e. The van der Waals surface area contributed by atoms with Crippen molar-refractivity contribution in [2.45, 2.75) is 50.0 Å². The zero-order valence-corrected chi connectivity index (χ0v) is 11.9. The van der Waals surface area contributed by atoms with Gasteiger partial charge in [0, 0.05) is 21.9 Å². The summed E-state index contributed by atoms with van der Waals surface area (Å²) in [6.07, 6.45) is -0.566. The summed E-state index contributed by atoms with van der Waals surface area (Å²) in [5.74, 6) is -0.269. The third-order valence-corrected chi connectivity index (χ3v) is 3.79. The van der Waals surface area contributed by atoms with E-state index in [1.165, 1.54) is 17.8 Å². The van der Waals surface area contributed by atoms with Crippen LogP contribution in [0.4, 0.5) is 10.1 Å². The van der Waals surface area contributed by atoms with Crippen LogP contribution in [-0.2, 0) is 0 Å². The zero-order valence-electron chi connectivity index (χ0n) is 11.1. The average molecular weight is 273 g/mol. The Morgan fingerprint density at radius 1 is 1.28 bits per heavy atom. The highest BCUT2D eigenvalue weighted by atomic mass is 32.2. The van der Waals surface area contributed by atoms with E-state index < -0.39 is 11.9 Å². The number of ether oxygens (including phenoxy) is 1. The predicted octanol–water partition coefficient (Wildman–Crippen LogP) is 3.06. The standard InChI is InChI=1S/C13H20FNO2S/c1-7(2)17-12-6-13(11(15)5-10(12)14)18-9(4)8(3)16/h5-9,16H,15H2,1-4H3. The van der Waals surface area contributed by atoms with Crippen LogP contribution in [-0.4, -0.2) is 22.6 Å². The number of anilines is 1. The Morgan fingerprint density at radius 3 is 2.39 bits per heavy atom. The molecule has 2 atom stereocenters. The molecule has 0 radical (unpaired) electrons. The first kappa shape index (κ1) is 15.1. The van der Waals surface area contributed by atoms with Gasteiger partial charge in [0.2, 0.25) is 0 Å². The molecule has 0 saturated heterocycles. The van der Waals surface area contributed by atoms with Crippen molar-refractivity contribution in [1.29, 1.82) is 0 Å². The van der Waals surface area contributed by atoms with E-state index in [0.717, 1.165) is 4.90 Å². The lowest BCUT2D eigenvalue weighted by Gasteiger charge is -2.17. The molecule has 18 heavy (non-hydrogen) atoms. The van der Waals surface area contributed by atoms with Gasteiger partial charge in [-0.3, -0.25) is 0 Å². The SMILES string of the molecule is CC(C)Oc1cc(SC(C)C(C)O)c(N)cc1F. The number of halogens is 1. The van der Waals surface area contributed by atoms with E-state index >= 15 is 0 Å². The van der Waals surface area contributed by atoms with E-state index in [9.17, 15) is 9.50 Å². The van der Waals surface area contributed by atoms with Crippen molar-refractivity contribution >= 4 is 17.4 Å². The van der Waals surface area contributed by atoms with Crippen molar-refractivity contribution in [3.63, 3.8) is 0 Å². The Bertz CT molecular complexity index is 410. The molecule has 3 N–H and O–H groups in total. The second-order valence-corrected chi connectivity index (χ2v) is 5.97. The number of rotatable bonds is 5. The molecule has 1 aromatic carbocycles. The highest BCUT2D eigenvalue weighted by molar-refractivity contribution is 8.00. The Labute approximate surface area is 112 Å². The fourth-order valence-electron chi connectivity index (χ4n) is 1.30. The summed E-state index contributed by atoms with van der Waals surface area (Å²) < 4.78 is 19.0. The highest BCUT2D eigenvalue weighted by Gasteiger charge is 2.16. The number of aliphatic hydroxyl groups is 1. The quantitative estimate of drug-likeness (QED) is 0.639. The minimum absolute atomic E-state index is 0.0235. The summed E-state index contributed by atoms with van der Waals surface area (Å²) in [5.41, 5.74) is 6.13. The number of thioether (sulfide) groups is 1. The molecule has 0 aliphatic heterocycles. The molecule has 0 aromatic heterocycles. The summed E-state index contributed by atoms with van der Waals surface area (Å²) in [7, 11) is 0. The molecule has 3 nitrogen and oxygen atoms in total. The van der Waals surface area contributed by atoms with E-state index in [2.05, 4.69) is 0 Å². The van der Waals surface area contributed by atoms with Crippen molar-refractivity contribution in [1.82, 2.24) is 0 Å². The van der Waals surface area contributed by atoms with Crippen LogP contribution in [0, 0.1) is 5.82 Å². The molecule has 0 heterocycles. The van der Waals surface area contributed by atoms with Gasteiger partial charge in [0.15, 0.2) is 11.6 Å². The van der Waals surface area contributed by atoms with Crippen molar-refractivity contribution < 1.29 is 14.2 Å². The minimum Gasteiger partial charge on any atom is -0.488 e. The number of benzene rings is 1. The molecule has 0 saturated carbocycles. The van der Waals surface area contributed by atoms with Gasteiger partial charge in [0.25, 0.3) is 0 Å². The van der Waals surface area contributed by atoms with Crippen LogP contribution in [0.15, 0.2) is 17.0 Å². The smallest absolute Gasteiger partial charge is 0.167 e. The normalized spacial score (nSPS) is 14.6. The molecule has 2 unspecified atom stereocenters. The molecule has 0 aliphatic rings. The van der Waals surface area contributed by atoms with Gasteiger partial charge in [-0.2, -0.15) is 0 Å². The molecule has 0 bridgehead atoms. The number of nitrogen functional groups attached to an aromatic ring is 1. The van der Waals surface area contributed by atoms with Gasteiger partial charge in [-0.25, -0.2) is 4.39 Å². The molecule has 1 rings (SSSR count). The first-order chi connectivity index (χ1) is 8.31. The van der Waals surface area contributed by atoms with E-state index in [-0.39, 0.29) is 17.1 Å². The Morgan fingerprint density at radius 2 is 1.89 bits per heavy atom. The number of hydrogen-bond acceptors (Lipinski definition) is 4. The van der Waals surface area contributed by atoms with Gasteiger partial charge in [-0.05, 0) is 26.8 Å². The van der Waals surface area contributed by atoms with Crippen LogP contribution in [0.1, 0.15) is 27.7 Å². The van der Waals surface area contributed by atoms with Crippen LogP contribution < -0.4 is 10.5 Å². The third kappa shape index (κ3) is 4.07. The van der Waals surface area contributed by atoms with Gasteiger partial charge in [0.1, 0.15) is 0 Å². The summed E-state index contributed by atoms with van der Waals surface area (Å²) in [6, 6.07) is 2.85. The zero-order chi connectivity index (χ0) is 13.9. The van der Waals surface area contributed by atoms with Crippen molar-refractivity contribution in [2.75, 3.05) is 5.73 Å². The van der Waals surface area contributed by atoms with Crippen LogP contribution in [0.3, 0.4) is 0 Å². The van der Waals surface area contributed by atoms with Crippen molar-refractivity contribution in [2.24, 2.45) is 0 Å². The van der Waals surface area contributed by atoms with Crippen LogP contribution in [0.2, 0.25) is 0 Å². The average Bonchev–Trinajstić information content (AvgIpc) is 2.24. The molecule has 0 fully saturated rings. The van der Waals surface area contributed by atoms with Crippen LogP contribution in [0.5, 0.6) is 5.75 Å². The second-order valence-electron chi connectivity index (χ2n) is 4.55. The fourth-order valence-corrected chi connectivity index (χ4v) is 2.26. The summed E-state index contributed by atoms with van der Waals surface area (Å²) in [5, 5.41) is 9.45. The lowest BCUT2D eigenvalue weighted by molar-refractivity contribution is 0.196. The summed E-state index contributed by atoms with van der Waals surface area (Å²) in [6.45, 7) is 7.27. The number of aliphatic hydroxyl groups excluding tert-OH is 1. The maximum absolute atomic E-state index is 13.6. The lowest BCUT2D eigenvalue weighted by atomic mass is 10.3.